The van der Waals surface area contributed by atoms with Crippen LogP contribution in [0.4, 0.5) is 5.82 Å². The van der Waals surface area contributed by atoms with Gasteiger partial charge in [0.05, 0.1) is 28.3 Å². The predicted molar refractivity (Wildman–Crippen MR) is 99.6 cm³/mol. The smallest absolute Gasteiger partial charge is 0.790 e. The average molecular weight is 537 g/mol. The van der Waals surface area contributed by atoms with Gasteiger partial charge in [0.2, 0.25) is 0 Å². The summed E-state index contributed by atoms with van der Waals surface area (Å²) in [5, 5.41) is 21.0. The van der Waals surface area contributed by atoms with Crippen molar-refractivity contribution in [2.75, 3.05) is 18.6 Å². The molecule has 162 valence electrons. The van der Waals surface area contributed by atoms with Gasteiger partial charge in [-0.15, -0.1) is 0 Å². The molecule has 2 aromatic heterocycles. The summed E-state index contributed by atoms with van der Waals surface area (Å²) in [6, 6.07) is 0. The summed E-state index contributed by atoms with van der Waals surface area (Å²) in [5.41, 5.74) is 6.39. The van der Waals surface area contributed by atoms with E-state index in [1.807, 2.05) is 0 Å². The van der Waals surface area contributed by atoms with Gasteiger partial charge in [0.25, 0.3) is 0 Å². The number of nitrogens with zero attached hydrogens (tertiary/aromatic N) is 4. The van der Waals surface area contributed by atoms with Gasteiger partial charge in [-0.1, -0.05) is 11.8 Å². The number of nitrogen functional groups attached to an aromatic ring is 1. The molecule has 0 unspecified atom stereocenters. The van der Waals surface area contributed by atoms with Gasteiger partial charge in [-0.05, 0) is 6.26 Å². The van der Waals surface area contributed by atoms with Crippen LogP contribution in [0, 0.1) is 0 Å². The third-order valence-corrected chi connectivity index (χ3v) is 5.97. The van der Waals surface area contributed by atoms with Gasteiger partial charge in [0.15, 0.2) is 30.3 Å². The van der Waals surface area contributed by atoms with Crippen LogP contribution in [0.2, 0.25) is 0 Å². The van der Waals surface area contributed by atoms with E-state index in [9.17, 15) is 29.1 Å². The van der Waals surface area contributed by atoms with E-state index in [-0.39, 0.29) is 106 Å². The number of aromatic nitrogens is 4. The molecule has 2 aromatic rings. The number of imidazole rings is 1. The zero-order valence-corrected chi connectivity index (χ0v) is 25.6. The van der Waals surface area contributed by atoms with Crippen molar-refractivity contribution in [2.24, 2.45) is 0 Å². The summed E-state index contributed by atoms with van der Waals surface area (Å²) in [5.74, 6) is 0.128. The Morgan fingerprint density at radius 3 is 2.47 bits per heavy atom. The van der Waals surface area contributed by atoms with Gasteiger partial charge >= 0.3 is 88.7 Å². The average Bonchev–Trinajstić information content (AvgIpc) is 3.13. The minimum absolute atomic E-state index is 0. The molecule has 0 bridgehead atoms. The molecule has 32 heavy (non-hydrogen) atoms. The van der Waals surface area contributed by atoms with Crippen molar-refractivity contribution in [3.05, 3.63) is 6.33 Å². The molecule has 0 aliphatic carbocycles. The van der Waals surface area contributed by atoms with Crippen LogP contribution in [0.5, 0.6) is 0 Å². The number of anilines is 1. The molecule has 1 fully saturated rings. The van der Waals surface area contributed by atoms with E-state index < -0.39 is 54.0 Å². The Morgan fingerprint density at radius 1 is 1.28 bits per heavy atom. The first kappa shape index (κ1) is 33.9. The first-order valence-electron chi connectivity index (χ1n) is 7.48. The number of aliphatic hydroxyl groups is 2. The largest absolute Gasteiger partial charge is 1.00 e. The molecule has 0 aromatic carbocycles. The molecular formula is C11H17BN5Na3O9P2S. The molecule has 0 saturated carbocycles. The van der Waals surface area contributed by atoms with E-state index in [0.29, 0.717) is 5.16 Å². The van der Waals surface area contributed by atoms with Crippen molar-refractivity contribution in [1.82, 2.24) is 19.5 Å². The van der Waals surface area contributed by atoms with Gasteiger partial charge in [-0.25, -0.2) is 15.0 Å². The Kier molecular flexibility index (Phi) is 14.3. The Morgan fingerprint density at radius 2 is 1.91 bits per heavy atom. The number of fused-ring (bicyclic) bond motifs is 1. The fourth-order valence-electron chi connectivity index (χ4n) is 2.53. The van der Waals surface area contributed by atoms with E-state index in [1.54, 1.807) is 6.26 Å². The summed E-state index contributed by atoms with van der Waals surface area (Å²) in [4.78, 5) is 33.7. The van der Waals surface area contributed by atoms with Crippen LogP contribution in [0.25, 0.3) is 11.2 Å². The molecule has 1 aliphatic heterocycles. The number of thioether (sulfide) groups is 1. The third-order valence-electron chi connectivity index (χ3n) is 3.73. The van der Waals surface area contributed by atoms with E-state index in [4.69, 9.17) is 15.0 Å². The Labute approximate surface area is 254 Å². The second-order valence-corrected chi connectivity index (χ2v) is 8.54. The summed E-state index contributed by atoms with van der Waals surface area (Å²) < 4.78 is 38.5. The minimum Gasteiger partial charge on any atom is -0.790 e. The van der Waals surface area contributed by atoms with Crippen LogP contribution in [0.1, 0.15) is 6.23 Å². The predicted octanol–water partition coefficient (Wildman–Crippen LogP) is -11.9. The van der Waals surface area contributed by atoms with Crippen molar-refractivity contribution < 1.29 is 131 Å². The minimum atomic E-state index is -5.49. The third kappa shape index (κ3) is 8.24. The number of ether oxygens (including phenoxy) is 1. The topological polar surface area (TPSA) is 218 Å². The second-order valence-electron chi connectivity index (χ2n) is 5.51. The molecule has 14 nitrogen and oxygen atoms in total. The van der Waals surface area contributed by atoms with Crippen LogP contribution < -0.4 is 104 Å². The number of aliphatic hydroxyl groups excluding tert-OH is 2. The molecule has 1 aliphatic rings. The number of nitrogens with two attached hydrogens (primary N) is 1. The fraction of sp³-hybridized carbons (Fsp3) is 0.545. The summed E-state index contributed by atoms with van der Waals surface area (Å²) in [7, 11) is -10.8. The van der Waals surface area contributed by atoms with E-state index in [1.165, 1.54) is 22.7 Å². The maximum Gasteiger partial charge on any atom is 1.00 e. The summed E-state index contributed by atoms with van der Waals surface area (Å²) >= 11 is 1.24. The molecule has 3 heterocycles. The zero-order chi connectivity index (χ0) is 21.6. The number of rotatable bonds is 7. The summed E-state index contributed by atoms with van der Waals surface area (Å²) in [6.07, 6.45) is -2.17. The molecule has 0 radical (unpaired) electrons. The van der Waals surface area contributed by atoms with Gasteiger partial charge < -0.3 is 48.4 Å². The van der Waals surface area contributed by atoms with Crippen molar-refractivity contribution in [3.63, 3.8) is 0 Å². The standard InChI is InChI=1S/C11H19BN5O9P2S.3Na/c1-29-11-15-8(13)5-9(16-11)17(3-14-5)10-7(19)6(18)4(25-10)2-24-27(12,20)26-28(21,22)23;;;/h3-4,6-7,10,18-19H,2H2,1,12H3,(H2,13,15,16)(H2,21,22,23);;;/q-1;3*+1/p-2/t4-,6-,7-,10-,27-;;;/m1.../s1. The van der Waals surface area contributed by atoms with Crippen molar-refractivity contribution in [2.45, 2.75) is 29.7 Å². The molecule has 5 atom stereocenters. The molecule has 3 rings (SSSR count). The van der Waals surface area contributed by atoms with Crippen molar-refractivity contribution in [3.8, 4) is 0 Å². The van der Waals surface area contributed by atoms with Crippen LogP contribution in [-0.4, -0.2) is 68.5 Å². The first-order chi connectivity index (χ1) is 13.4. The molecule has 4 N–H and O–H groups in total. The normalized spacial score (nSPS) is 24.8. The second kappa shape index (κ2) is 13.5. The Hall–Kier alpha value is 1.94. The number of hydrogen-bond donors (Lipinski definition) is 3. The fourth-order valence-corrected chi connectivity index (χ4v) is 4.01. The van der Waals surface area contributed by atoms with Gasteiger partial charge in [0.1, 0.15) is 23.8 Å². The maximum absolute atomic E-state index is 12.0. The molecule has 21 heteroatoms. The molecule has 1 saturated heterocycles. The first-order valence-corrected chi connectivity index (χ1v) is 11.3. The van der Waals surface area contributed by atoms with Gasteiger partial charge in [-0.3, -0.25) is 4.57 Å². The monoisotopic (exact) mass is 537 g/mol. The Bertz CT molecular complexity index is 1020. The van der Waals surface area contributed by atoms with Gasteiger partial charge in [-0.2, -0.15) is 0 Å². The molecule has 0 spiro atoms. The van der Waals surface area contributed by atoms with Crippen LogP contribution in [0.3, 0.4) is 0 Å². The van der Waals surface area contributed by atoms with Crippen molar-refractivity contribution >= 4 is 51.6 Å². The molecular weight excluding hydrogens is 520 g/mol. The van der Waals surface area contributed by atoms with E-state index in [0.717, 1.165) is 0 Å². The SMILES string of the molecule is [BH3-][P@@](=O)(OC[C@H]1O[C@@H](n2cnc3c(N)nc(SC)nc32)[C@H](O)[C@@H]1O)OP(=O)([O-])[O-].[Na+].[Na+].[Na+]. The van der Waals surface area contributed by atoms with Crippen molar-refractivity contribution in [1.29, 1.82) is 0 Å². The van der Waals surface area contributed by atoms with E-state index in [2.05, 4.69) is 19.3 Å². The number of phosphoric acid groups is 1. The van der Waals surface area contributed by atoms with Crippen LogP contribution in [-0.2, 0) is 22.7 Å². The van der Waals surface area contributed by atoms with Gasteiger partial charge in [0, 0.05) is 0 Å². The quantitative estimate of drug-likeness (QED) is 0.129. The van der Waals surface area contributed by atoms with E-state index >= 15 is 0 Å². The zero-order valence-electron chi connectivity index (χ0n) is 17.0. The summed E-state index contributed by atoms with van der Waals surface area (Å²) in [6.45, 7) is -0.560. The number of hydrogen-bond acceptors (Lipinski definition) is 14. The maximum atomic E-state index is 12.0. The molecule has 0 amide bonds. The van der Waals surface area contributed by atoms with Crippen LogP contribution in [0.15, 0.2) is 11.5 Å². The Balaban J connectivity index is 0.00000320. The van der Waals surface area contributed by atoms with Crippen LogP contribution >= 0.6 is 27.1 Å².